The van der Waals surface area contributed by atoms with E-state index in [4.69, 9.17) is 10.5 Å². The standard InChI is InChI=1S/C28H41N3O3/c1-6-10-20(4)18-34-24-15-13-23(14-16-24)25(17-30-28(33)26(29)19(2)3)31-27(32)21(5)22-11-8-7-9-12-22/h7-9,11-16,19-21,25-26H,6,10,17-18,29H2,1-5H3,(H,30,33)(H,31,32)/t20?,21-,25+,26-/m0/s1. The largest absolute Gasteiger partial charge is 0.493 e. The Morgan fingerprint density at radius 1 is 0.912 bits per heavy atom. The molecule has 0 aliphatic carbocycles. The topological polar surface area (TPSA) is 93.4 Å². The van der Waals surface area contributed by atoms with Crippen molar-refractivity contribution in [3.63, 3.8) is 0 Å². The summed E-state index contributed by atoms with van der Waals surface area (Å²) < 4.78 is 5.91. The zero-order valence-electron chi connectivity index (χ0n) is 21.2. The van der Waals surface area contributed by atoms with E-state index in [0.717, 1.165) is 29.7 Å². The highest BCUT2D eigenvalue weighted by atomic mass is 16.5. The van der Waals surface area contributed by atoms with Crippen LogP contribution < -0.4 is 21.1 Å². The van der Waals surface area contributed by atoms with Crippen LogP contribution in [0.3, 0.4) is 0 Å². The molecule has 34 heavy (non-hydrogen) atoms. The Hall–Kier alpha value is -2.86. The number of benzene rings is 2. The molecule has 1 unspecified atom stereocenters. The zero-order chi connectivity index (χ0) is 25.1. The molecule has 6 heteroatoms. The smallest absolute Gasteiger partial charge is 0.237 e. The van der Waals surface area contributed by atoms with Crippen LogP contribution in [0.15, 0.2) is 54.6 Å². The van der Waals surface area contributed by atoms with Crippen LogP contribution >= 0.6 is 0 Å². The number of hydrogen-bond donors (Lipinski definition) is 3. The molecule has 2 aromatic rings. The Morgan fingerprint density at radius 2 is 1.56 bits per heavy atom. The molecule has 4 atom stereocenters. The predicted molar refractivity (Wildman–Crippen MR) is 138 cm³/mol. The van der Waals surface area contributed by atoms with E-state index >= 15 is 0 Å². The summed E-state index contributed by atoms with van der Waals surface area (Å²) in [4.78, 5) is 25.5. The molecule has 0 bridgehead atoms. The first kappa shape index (κ1) is 27.4. The van der Waals surface area contributed by atoms with E-state index in [1.54, 1.807) is 0 Å². The lowest BCUT2D eigenvalue weighted by Crippen LogP contribution is -2.47. The monoisotopic (exact) mass is 467 g/mol. The van der Waals surface area contributed by atoms with Crippen LogP contribution in [0.1, 0.15) is 70.5 Å². The molecule has 0 fully saturated rings. The van der Waals surface area contributed by atoms with Gasteiger partial charge in [-0.2, -0.15) is 0 Å². The predicted octanol–water partition coefficient (Wildman–Crippen LogP) is 4.56. The fourth-order valence-corrected chi connectivity index (χ4v) is 3.68. The van der Waals surface area contributed by atoms with Gasteiger partial charge in [-0.25, -0.2) is 0 Å². The van der Waals surface area contributed by atoms with Crippen molar-refractivity contribution in [2.45, 2.75) is 65.5 Å². The van der Waals surface area contributed by atoms with Crippen molar-refractivity contribution in [3.05, 3.63) is 65.7 Å². The summed E-state index contributed by atoms with van der Waals surface area (Å²) >= 11 is 0. The molecule has 186 valence electrons. The molecule has 2 amide bonds. The van der Waals surface area contributed by atoms with Gasteiger partial charge in [-0.15, -0.1) is 0 Å². The normalized spacial score (nSPS) is 14.7. The summed E-state index contributed by atoms with van der Waals surface area (Å²) in [5, 5.41) is 6.01. The molecular weight excluding hydrogens is 426 g/mol. The van der Waals surface area contributed by atoms with Crippen molar-refractivity contribution in [2.75, 3.05) is 13.2 Å². The molecule has 0 radical (unpaired) electrons. The Morgan fingerprint density at radius 3 is 2.15 bits per heavy atom. The minimum atomic E-state index is -0.597. The van der Waals surface area contributed by atoms with Gasteiger partial charge in [0, 0.05) is 6.54 Å². The lowest BCUT2D eigenvalue weighted by Gasteiger charge is -2.24. The van der Waals surface area contributed by atoms with Crippen LogP contribution in [0.4, 0.5) is 0 Å². The summed E-state index contributed by atoms with van der Waals surface area (Å²) in [6.07, 6.45) is 2.27. The quantitative estimate of drug-likeness (QED) is 0.402. The summed E-state index contributed by atoms with van der Waals surface area (Å²) in [6.45, 7) is 11.0. The number of nitrogens with one attached hydrogen (secondary N) is 2. The van der Waals surface area contributed by atoms with Gasteiger partial charge in [-0.05, 0) is 48.4 Å². The van der Waals surface area contributed by atoms with E-state index in [1.165, 1.54) is 0 Å². The molecule has 0 heterocycles. The van der Waals surface area contributed by atoms with Gasteiger partial charge in [-0.3, -0.25) is 9.59 Å². The maximum Gasteiger partial charge on any atom is 0.237 e. The highest BCUT2D eigenvalue weighted by Crippen LogP contribution is 2.21. The van der Waals surface area contributed by atoms with Crippen molar-refractivity contribution in [3.8, 4) is 5.75 Å². The van der Waals surface area contributed by atoms with Crippen molar-refractivity contribution in [2.24, 2.45) is 17.6 Å². The third-order valence-corrected chi connectivity index (χ3v) is 6.11. The maximum atomic E-state index is 13.0. The average Bonchev–Trinajstić information content (AvgIpc) is 2.85. The van der Waals surface area contributed by atoms with Gasteiger partial charge >= 0.3 is 0 Å². The van der Waals surface area contributed by atoms with Crippen LogP contribution in [0, 0.1) is 11.8 Å². The van der Waals surface area contributed by atoms with Gasteiger partial charge in [-0.1, -0.05) is 76.6 Å². The van der Waals surface area contributed by atoms with E-state index in [9.17, 15) is 9.59 Å². The summed E-state index contributed by atoms with van der Waals surface area (Å²) in [5.74, 6) is 0.664. The molecule has 6 nitrogen and oxygen atoms in total. The first-order valence-corrected chi connectivity index (χ1v) is 12.3. The molecule has 0 aliphatic heterocycles. The van der Waals surface area contributed by atoms with Gasteiger partial charge in [0.25, 0.3) is 0 Å². The second-order valence-corrected chi connectivity index (χ2v) is 9.48. The van der Waals surface area contributed by atoms with Crippen molar-refractivity contribution in [1.29, 1.82) is 0 Å². The Kier molecular flexibility index (Phi) is 11.1. The first-order chi connectivity index (χ1) is 16.2. The molecule has 4 N–H and O–H groups in total. The molecule has 2 aromatic carbocycles. The summed E-state index contributed by atoms with van der Waals surface area (Å²) in [6, 6.07) is 16.4. The van der Waals surface area contributed by atoms with Crippen LogP contribution in [0.5, 0.6) is 5.75 Å². The summed E-state index contributed by atoms with van der Waals surface area (Å²) in [7, 11) is 0. The lowest BCUT2D eigenvalue weighted by molar-refractivity contribution is -0.125. The fraction of sp³-hybridized carbons (Fsp3) is 0.500. The Balaban J connectivity index is 2.12. The van der Waals surface area contributed by atoms with Crippen LogP contribution in [0.25, 0.3) is 0 Å². The third kappa shape index (κ3) is 8.49. The van der Waals surface area contributed by atoms with E-state index in [-0.39, 0.29) is 30.2 Å². The van der Waals surface area contributed by atoms with E-state index < -0.39 is 12.1 Å². The summed E-state index contributed by atoms with van der Waals surface area (Å²) in [5.41, 5.74) is 7.82. The number of carbonyl (C=O) groups is 2. The molecular formula is C28H41N3O3. The van der Waals surface area contributed by atoms with E-state index in [1.807, 2.05) is 75.4 Å². The average molecular weight is 468 g/mol. The lowest BCUT2D eigenvalue weighted by atomic mass is 9.99. The van der Waals surface area contributed by atoms with Gasteiger partial charge < -0.3 is 21.1 Å². The first-order valence-electron chi connectivity index (χ1n) is 12.3. The number of carbonyl (C=O) groups excluding carboxylic acids is 2. The number of nitrogens with two attached hydrogens (primary N) is 1. The number of amides is 2. The fourth-order valence-electron chi connectivity index (χ4n) is 3.68. The molecule has 0 spiro atoms. The van der Waals surface area contributed by atoms with Gasteiger partial charge in [0.05, 0.1) is 24.6 Å². The van der Waals surface area contributed by atoms with Crippen molar-refractivity contribution in [1.82, 2.24) is 10.6 Å². The van der Waals surface area contributed by atoms with Crippen molar-refractivity contribution >= 4 is 11.8 Å². The second-order valence-electron chi connectivity index (χ2n) is 9.48. The van der Waals surface area contributed by atoms with Gasteiger partial charge in [0.2, 0.25) is 11.8 Å². The third-order valence-electron chi connectivity index (χ3n) is 6.11. The highest BCUT2D eigenvalue weighted by Gasteiger charge is 2.23. The molecule has 0 aromatic heterocycles. The minimum Gasteiger partial charge on any atom is -0.493 e. The van der Waals surface area contributed by atoms with Crippen LogP contribution in [-0.2, 0) is 9.59 Å². The number of ether oxygens (including phenoxy) is 1. The van der Waals surface area contributed by atoms with Crippen LogP contribution in [-0.4, -0.2) is 31.0 Å². The van der Waals surface area contributed by atoms with E-state index in [2.05, 4.69) is 24.5 Å². The Labute approximate surface area is 204 Å². The van der Waals surface area contributed by atoms with Gasteiger partial charge in [0.1, 0.15) is 5.75 Å². The maximum absolute atomic E-state index is 13.0. The number of hydrogen-bond acceptors (Lipinski definition) is 4. The highest BCUT2D eigenvalue weighted by molar-refractivity contribution is 5.84. The molecule has 0 aliphatic rings. The SMILES string of the molecule is CCCC(C)COc1ccc([C@@H](CNC(=O)[C@@H](N)C(C)C)NC(=O)[C@@H](C)c2ccccc2)cc1. The van der Waals surface area contributed by atoms with Crippen molar-refractivity contribution < 1.29 is 14.3 Å². The second kappa shape index (κ2) is 13.8. The minimum absolute atomic E-state index is 0.0256. The number of rotatable bonds is 13. The molecule has 2 rings (SSSR count). The Bertz CT molecular complexity index is 884. The zero-order valence-corrected chi connectivity index (χ0v) is 21.2. The molecule has 0 saturated carbocycles. The van der Waals surface area contributed by atoms with E-state index in [0.29, 0.717) is 12.5 Å². The van der Waals surface area contributed by atoms with Crippen LogP contribution in [0.2, 0.25) is 0 Å². The molecule has 0 saturated heterocycles. The van der Waals surface area contributed by atoms with Gasteiger partial charge in [0.15, 0.2) is 0 Å².